The van der Waals surface area contributed by atoms with Gasteiger partial charge in [0, 0.05) is 30.1 Å². The van der Waals surface area contributed by atoms with E-state index in [4.69, 9.17) is 4.52 Å². The number of fused-ring (bicyclic) bond motifs is 2. The van der Waals surface area contributed by atoms with Crippen LogP contribution in [0.1, 0.15) is 53.2 Å². The van der Waals surface area contributed by atoms with Crippen LogP contribution in [0.4, 0.5) is 5.69 Å². The first-order chi connectivity index (χ1) is 16.3. The molecule has 1 saturated heterocycles. The lowest BCUT2D eigenvalue weighted by Gasteiger charge is -2.29. The number of amides is 3. The molecule has 3 amide bonds. The van der Waals surface area contributed by atoms with Gasteiger partial charge < -0.3 is 9.42 Å². The second kappa shape index (κ2) is 7.35. The molecule has 2 aliphatic heterocycles. The van der Waals surface area contributed by atoms with Crippen molar-refractivity contribution in [2.24, 2.45) is 0 Å². The van der Waals surface area contributed by atoms with Crippen LogP contribution in [0.15, 0.2) is 39.9 Å². The van der Waals surface area contributed by atoms with E-state index in [-0.39, 0.29) is 47.7 Å². The number of sulfonamides is 1. The molecule has 0 spiro atoms. The Morgan fingerprint density at radius 3 is 2.71 bits per heavy atom. The fourth-order valence-electron chi connectivity index (χ4n) is 4.48. The lowest BCUT2D eigenvalue weighted by atomic mass is 10.0. The van der Waals surface area contributed by atoms with Crippen molar-refractivity contribution in [3.8, 4) is 0 Å². The zero-order valence-electron chi connectivity index (χ0n) is 17.8. The van der Waals surface area contributed by atoms with Gasteiger partial charge in [0.2, 0.25) is 11.8 Å². The number of pyridine rings is 1. The van der Waals surface area contributed by atoms with Crippen molar-refractivity contribution in [2.45, 2.75) is 49.1 Å². The first-order valence-corrected chi connectivity index (χ1v) is 12.3. The van der Waals surface area contributed by atoms with Gasteiger partial charge in [0.15, 0.2) is 0 Å². The molecule has 2 fully saturated rings. The van der Waals surface area contributed by atoms with Crippen LogP contribution in [0.3, 0.4) is 0 Å². The molecule has 2 N–H and O–H groups in total. The van der Waals surface area contributed by atoms with Crippen LogP contribution in [0.2, 0.25) is 0 Å². The summed E-state index contributed by atoms with van der Waals surface area (Å²) in [5.41, 5.74) is 2.30. The second-order valence-electron chi connectivity index (χ2n) is 8.74. The summed E-state index contributed by atoms with van der Waals surface area (Å²) in [4.78, 5) is 42.0. The smallest absolute Gasteiger partial charge is 0.263 e. The van der Waals surface area contributed by atoms with Crippen LogP contribution in [0, 0.1) is 0 Å². The monoisotopic (exact) mass is 481 g/mol. The number of piperidine rings is 1. The third-order valence-electron chi connectivity index (χ3n) is 6.38. The molecule has 1 aliphatic carbocycles. The summed E-state index contributed by atoms with van der Waals surface area (Å²) in [5.74, 6) is -0.907. The van der Waals surface area contributed by atoms with Crippen LogP contribution in [0.25, 0.3) is 11.1 Å². The summed E-state index contributed by atoms with van der Waals surface area (Å²) in [6, 6.07) is 5.39. The standard InChI is InChI=1S/C22H19N5O6S/c28-18-6-5-17(20(29)24-18)27-10-12-7-13(3-4-15(12)22(27)30)26-34(31,32)14-8-16-19(11-1-2-11)25-33-21(16)23-9-14/h3-4,7-9,11,17,26H,1-2,5-6,10H2,(H,24,28,29). The molecule has 1 aromatic carbocycles. The van der Waals surface area contributed by atoms with E-state index in [9.17, 15) is 22.8 Å². The minimum atomic E-state index is -3.97. The molecule has 174 valence electrons. The number of aromatic nitrogens is 2. The zero-order chi connectivity index (χ0) is 23.6. The number of nitrogens with zero attached hydrogens (tertiary/aromatic N) is 3. The Labute approximate surface area is 193 Å². The van der Waals surface area contributed by atoms with Crippen molar-refractivity contribution in [1.82, 2.24) is 20.4 Å². The Bertz CT molecular complexity index is 1490. The first-order valence-electron chi connectivity index (χ1n) is 10.9. The summed E-state index contributed by atoms with van der Waals surface area (Å²) < 4.78 is 33.8. The summed E-state index contributed by atoms with van der Waals surface area (Å²) >= 11 is 0. The van der Waals surface area contributed by atoms with Gasteiger partial charge >= 0.3 is 0 Å². The molecule has 1 saturated carbocycles. The van der Waals surface area contributed by atoms with E-state index in [1.54, 1.807) is 6.07 Å². The summed E-state index contributed by atoms with van der Waals surface area (Å²) in [6.07, 6.45) is 3.61. The Hall–Kier alpha value is -3.80. The largest absolute Gasteiger partial charge is 0.336 e. The first kappa shape index (κ1) is 20.8. The summed E-state index contributed by atoms with van der Waals surface area (Å²) in [7, 11) is -3.97. The maximum Gasteiger partial charge on any atom is 0.263 e. The number of anilines is 1. The van der Waals surface area contributed by atoms with E-state index < -0.39 is 22.0 Å². The number of hydrogen-bond acceptors (Lipinski definition) is 8. The van der Waals surface area contributed by atoms with Gasteiger partial charge in [-0.15, -0.1) is 0 Å². The number of nitrogens with one attached hydrogen (secondary N) is 2. The maximum absolute atomic E-state index is 13.0. The van der Waals surface area contributed by atoms with Crippen molar-refractivity contribution in [3.63, 3.8) is 0 Å². The lowest BCUT2D eigenvalue weighted by molar-refractivity contribution is -0.136. The molecule has 1 unspecified atom stereocenters. The SMILES string of the molecule is O=C1CCC(N2Cc3cc(NS(=O)(=O)c4cnc5onc(C6CC6)c5c4)ccc3C2=O)C(=O)N1. The van der Waals surface area contributed by atoms with Gasteiger partial charge in [-0.2, -0.15) is 0 Å². The molecule has 12 heteroatoms. The van der Waals surface area contributed by atoms with E-state index in [1.807, 2.05) is 0 Å². The predicted octanol–water partition coefficient (Wildman–Crippen LogP) is 1.66. The van der Waals surface area contributed by atoms with Crippen LogP contribution in [-0.2, 0) is 26.2 Å². The average molecular weight is 481 g/mol. The van der Waals surface area contributed by atoms with Crippen LogP contribution in [-0.4, -0.2) is 47.2 Å². The van der Waals surface area contributed by atoms with E-state index in [0.717, 1.165) is 18.5 Å². The summed E-state index contributed by atoms with van der Waals surface area (Å²) in [5, 5.41) is 6.88. The van der Waals surface area contributed by atoms with Crippen molar-refractivity contribution >= 4 is 44.5 Å². The van der Waals surface area contributed by atoms with Gasteiger partial charge in [0.1, 0.15) is 10.9 Å². The minimum absolute atomic E-state index is 0.0214. The van der Waals surface area contributed by atoms with Gasteiger partial charge in [0.25, 0.3) is 21.6 Å². The normalized spacial score (nSPS) is 20.5. The van der Waals surface area contributed by atoms with E-state index in [0.29, 0.717) is 22.2 Å². The zero-order valence-corrected chi connectivity index (χ0v) is 18.6. The van der Waals surface area contributed by atoms with Gasteiger partial charge in [0.05, 0.1) is 17.3 Å². The van der Waals surface area contributed by atoms with Crippen molar-refractivity contribution in [3.05, 3.63) is 47.3 Å². The lowest BCUT2D eigenvalue weighted by Crippen LogP contribution is -2.52. The van der Waals surface area contributed by atoms with Gasteiger partial charge in [-0.25, -0.2) is 13.4 Å². The van der Waals surface area contributed by atoms with Crippen molar-refractivity contribution in [2.75, 3.05) is 4.72 Å². The van der Waals surface area contributed by atoms with Gasteiger partial charge in [-0.1, -0.05) is 5.16 Å². The Morgan fingerprint density at radius 1 is 1.12 bits per heavy atom. The molecule has 11 nitrogen and oxygen atoms in total. The number of carbonyl (C=O) groups excluding carboxylic acids is 3. The third kappa shape index (κ3) is 3.41. The van der Waals surface area contributed by atoms with E-state index in [1.165, 1.54) is 29.3 Å². The molecule has 34 heavy (non-hydrogen) atoms. The molecule has 2 aromatic heterocycles. The number of rotatable bonds is 5. The topological polar surface area (TPSA) is 152 Å². The molecular formula is C22H19N5O6S. The highest BCUT2D eigenvalue weighted by Crippen LogP contribution is 2.42. The molecular weight excluding hydrogens is 462 g/mol. The van der Waals surface area contributed by atoms with Crippen LogP contribution in [0.5, 0.6) is 0 Å². The van der Waals surface area contributed by atoms with Crippen LogP contribution < -0.4 is 10.0 Å². The number of imide groups is 1. The van der Waals surface area contributed by atoms with E-state index >= 15 is 0 Å². The quantitative estimate of drug-likeness (QED) is 0.522. The Morgan fingerprint density at radius 2 is 1.94 bits per heavy atom. The fraction of sp³-hybridized carbons (Fsp3) is 0.318. The molecule has 0 bridgehead atoms. The maximum atomic E-state index is 13.0. The minimum Gasteiger partial charge on any atom is -0.336 e. The molecule has 3 aliphatic rings. The molecule has 1 atom stereocenters. The van der Waals surface area contributed by atoms with Gasteiger partial charge in [-0.05, 0) is 49.1 Å². The molecule has 6 rings (SSSR count). The predicted molar refractivity (Wildman–Crippen MR) is 117 cm³/mol. The Balaban J connectivity index is 1.25. The van der Waals surface area contributed by atoms with E-state index in [2.05, 4.69) is 20.2 Å². The number of hydrogen-bond donors (Lipinski definition) is 2. The molecule has 4 heterocycles. The number of benzene rings is 1. The number of carbonyl (C=O) groups is 3. The highest BCUT2D eigenvalue weighted by molar-refractivity contribution is 7.92. The van der Waals surface area contributed by atoms with Gasteiger partial charge in [-0.3, -0.25) is 24.4 Å². The highest BCUT2D eigenvalue weighted by Gasteiger charge is 2.39. The average Bonchev–Trinajstić information content (AvgIpc) is 3.47. The highest BCUT2D eigenvalue weighted by atomic mass is 32.2. The molecule has 3 aromatic rings. The van der Waals surface area contributed by atoms with Crippen molar-refractivity contribution < 1.29 is 27.3 Å². The molecule has 0 radical (unpaired) electrons. The van der Waals surface area contributed by atoms with Crippen molar-refractivity contribution in [1.29, 1.82) is 0 Å². The Kier molecular flexibility index (Phi) is 4.49. The fourth-order valence-corrected chi connectivity index (χ4v) is 5.50. The second-order valence-corrected chi connectivity index (χ2v) is 10.4. The summed E-state index contributed by atoms with van der Waals surface area (Å²) in [6.45, 7) is 0.148. The van der Waals surface area contributed by atoms with Crippen LogP contribution >= 0.6 is 0 Å². The third-order valence-corrected chi connectivity index (χ3v) is 7.73.